The summed E-state index contributed by atoms with van der Waals surface area (Å²) >= 11 is 1.78. The summed E-state index contributed by atoms with van der Waals surface area (Å²) in [5, 5.41) is 13.3. The highest BCUT2D eigenvalue weighted by atomic mass is 32.2. The predicted octanol–water partition coefficient (Wildman–Crippen LogP) is 3.50. The Hall–Kier alpha value is -1.29. The fraction of sp³-hybridized carbons (Fsp3) is 0.333. The van der Waals surface area contributed by atoms with Gasteiger partial charge in [0.2, 0.25) is 0 Å². The average Bonchev–Trinajstić information content (AvgIpc) is 2.51. The van der Waals surface area contributed by atoms with E-state index in [2.05, 4.69) is 49.5 Å². The van der Waals surface area contributed by atoms with Gasteiger partial charge in [0.25, 0.3) is 0 Å². The SMILES string of the molecule is CNC(CO)(CSc1ccc(C)cc1C)c1ccccc1. The molecule has 3 heteroatoms. The van der Waals surface area contributed by atoms with Gasteiger partial charge in [0.15, 0.2) is 0 Å². The highest BCUT2D eigenvalue weighted by Crippen LogP contribution is 2.31. The molecule has 0 aliphatic carbocycles. The molecular weight excluding hydrogens is 278 g/mol. The number of aliphatic hydroxyl groups excluding tert-OH is 1. The zero-order chi connectivity index (χ0) is 15.3. The van der Waals surface area contributed by atoms with E-state index in [0.29, 0.717) is 0 Å². The number of nitrogens with one attached hydrogen (secondary N) is 1. The Labute approximate surface area is 131 Å². The van der Waals surface area contributed by atoms with E-state index in [9.17, 15) is 5.11 Å². The van der Waals surface area contributed by atoms with Gasteiger partial charge in [0, 0.05) is 10.6 Å². The Morgan fingerprint density at radius 2 is 1.81 bits per heavy atom. The fourth-order valence-electron chi connectivity index (χ4n) is 2.44. The summed E-state index contributed by atoms with van der Waals surface area (Å²) in [5.41, 5.74) is 3.27. The third kappa shape index (κ3) is 3.67. The van der Waals surface area contributed by atoms with Crippen LogP contribution in [0.1, 0.15) is 16.7 Å². The third-order valence-electron chi connectivity index (χ3n) is 3.88. The van der Waals surface area contributed by atoms with Crippen molar-refractivity contribution in [1.29, 1.82) is 0 Å². The summed E-state index contributed by atoms with van der Waals surface area (Å²) in [6, 6.07) is 16.7. The van der Waals surface area contributed by atoms with Gasteiger partial charge < -0.3 is 10.4 Å². The molecule has 0 heterocycles. The number of rotatable bonds is 6. The van der Waals surface area contributed by atoms with Crippen LogP contribution in [0.4, 0.5) is 0 Å². The Bertz CT molecular complexity index is 579. The van der Waals surface area contributed by atoms with Crippen LogP contribution in [0.3, 0.4) is 0 Å². The molecule has 0 spiro atoms. The number of aryl methyl sites for hydroxylation is 2. The molecule has 0 saturated heterocycles. The van der Waals surface area contributed by atoms with Gasteiger partial charge in [-0.2, -0.15) is 0 Å². The molecule has 2 aromatic carbocycles. The molecule has 0 bridgehead atoms. The van der Waals surface area contributed by atoms with E-state index < -0.39 is 5.54 Å². The molecule has 1 unspecified atom stereocenters. The number of benzene rings is 2. The maximum atomic E-state index is 9.95. The Morgan fingerprint density at radius 1 is 1.10 bits per heavy atom. The standard InChI is InChI=1S/C18H23NOS/c1-14-9-10-17(15(2)11-14)21-13-18(12-20,19-3)16-7-5-4-6-8-16/h4-11,19-20H,12-13H2,1-3H3. The summed E-state index contributed by atoms with van der Waals surface area (Å²) in [5.74, 6) is 0.786. The smallest absolute Gasteiger partial charge is 0.0761 e. The van der Waals surface area contributed by atoms with E-state index in [1.165, 1.54) is 16.0 Å². The lowest BCUT2D eigenvalue weighted by molar-refractivity contribution is 0.187. The Balaban J connectivity index is 2.21. The molecule has 0 radical (unpaired) electrons. The lowest BCUT2D eigenvalue weighted by Gasteiger charge is -2.32. The topological polar surface area (TPSA) is 32.3 Å². The highest BCUT2D eigenvalue weighted by Gasteiger charge is 2.29. The first kappa shape index (κ1) is 16.1. The molecule has 2 rings (SSSR count). The second-order valence-electron chi connectivity index (χ2n) is 5.41. The molecule has 2 aromatic rings. The first-order valence-corrected chi connectivity index (χ1v) is 8.15. The third-order valence-corrected chi connectivity index (χ3v) is 5.29. The number of likely N-dealkylation sites (N-methyl/N-ethyl adjacent to an activating group) is 1. The van der Waals surface area contributed by atoms with Gasteiger partial charge >= 0.3 is 0 Å². The zero-order valence-corrected chi connectivity index (χ0v) is 13.7. The molecule has 21 heavy (non-hydrogen) atoms. The molecule has 0 amide bonds. The van der Waals surface area contributed by atoms with Crippen molar-refractivity contribution in [2.45, 2.75) is 24.3 Å². The van der Waals surface area contributed by atoms with Gasteiger partial charge in [0.1, 0.15) is 0 Å². The summed E-state index contributed by atoms with van der Waals surface area (Å²) in [6.45, 7) is 4.32. The van der Waals surface area contributed by atoms with E-state index in [0.717, 1.165) is 11.3 Å². The van der Waals surface area contributed by atoms with Crippen LogP contribution in [0.2, 0.25) is 0 Å². The highest BCUT2D eigenvalue weighted by molar-refractivity contribution is 7.99. The minimum absolute atomic E-state index is 0.0748. The average molecular weight is 301 g/mol. The molecule has 2 nitrogen and oxygen atoms in total. The van der Waals surface area contributed by atoms with Gasteiger partial charge in [0.05, 0.1) is 12.1 Å². The zero-order valence-electron chi connectivity index (χ0n) is 12.9. The number of hydrogen-bond donors (Lipinski definition) is 2. The van der Waals surface area contributed by atoms with Gasteiger partial charge in [-0.3, -0.25) is 0 Å². The summed E-state index contributed by atoms with van der Waals surface area (Å²) in [6.07, 6.45) is 0. The number of thioether (sulfide) groups is 1. The van der Waals surface area contributed by atoms with Gasteiger partial charge in [-0.25, -0.2) is 0 Å². The minimum atomic E-state index is -0.413. The van der Waals surface area contributed by atoms with Crippen molar-refractivity contribution in [1.82, 2.24) is 5.32 Å². The molecule has 1 atom stereocenters. The van der Waals surface area contributed by atoms with Crippen molar-refractivity contribution in [3.63, 3.8) is 0 Å². The van der Waals surface area contributed by atoms with Crippen molar-refractivity contribution in [2.24, 2.45) is 0 Å². The van der Waals surface area contributed by atoms with E-state index in [-0.39, 0.29) is 6.61 Å². The van der Waals surface area contributed by atoms with Crippen molar-refractivity contribution >= 4 is 11.8 Å². The molecule has 0 fully saturated rings. The molecule has 0 saturated carbocycles. The fourth-order valence-corrected chi connectivity index (χ4v) is 3.69. The molecular formula is C18H23NOS. The van der Waals surface area contributed by atoms with Crippen LogP contribution >= 0.6 is 11.8 Å². The maximum Gasteiger partial charge on any atom is 0.0761 e. The molecule has 0 aromatic heterocycles. The normalized spacial score (nSPS) is 13.9. The summed E-state index contributed by atoms with van der Waals surface area (Å²) in [7, 11) is 1.91. The van der Waals surface area contributed by atoms with Crippen molar-refractivity contribution in [3.8, 4) is 0 Å². The second kappa shape index (κ2) is 7.12. The van der Waals surface area contributed by atoms with Crippen molar-refractivity contribution < 1.29 is 5.11 Å². The largest absolute Gasteiger partial charge is 0.394 e. The van der Waals surface area contributed by atoms with E-state index in [1.54, 1.807) is 11.8 Å². The van der Waals surface area contributed by atoms with Gasteiger partial charge in [-0.15, -0.1) is 11.8 Å². The van der Waals surface area contributed by atoms with E-state index in [4.69, 9.17) is 0 Å². The monoisotopic (exact) mass is 301 g/mol. The Morgan fingerprint density at radius 3 is 2.38 bits per heavy atom. The maximum absolute atomic E-state index is 9.95. The van der Waals surface area contributed by atoms with Gasteiger partial charge in [-0.05, 0) is 38.1 Å². The van der Waals surface area contributed by atoms with Crippen LogP contribution in [0, 0.1) is 13.8 Å². The first-order valence-electron chi connectivity index (χ1n) is 7.16. The van der Waals surface area contributed by atoms with Crippen LogP contribution in [0.5, 0.6) is 0 Å². The molecule has 2 N–H and O–H groups in total. The number of aliphatic hydroxyl groups is 1. The Kier molecular flexibility index (Phi) is 5.45. The van der Waals surface area contributed by atoms with Crippen LogP contribution < -0.4 is 5.32 Å². The van der Waals surface area contributed by atoms with Crippen LogP contribution in [0.25, 0.3) is 0 Å². The minimum Gasteiger partial charge on any atom is -0.394 e. The quantitative estimate of drug-likeness (QED) is 0.801. The molecule has 0 aliphatic heterocycles. The van der Waals surface area contributed by atoms with Crippen LogP contribution in [-0.4, -0.2) is 24.5 Å². The van der Waals surface area contributed by atoms with Gasteiger partial charge in [-0.1, -0.05) is 48.0 Å². The van der Waals surface area contributed by atoms with E-state index >= 15 is 0 Å². The van der Waals surface area contributed by atoms with Crippen molar-refractivity contribution in [2.75, 3.05) is 19.4 Å². The van der Waals surface area contributed by atoms with E-state index in [1.807, 2.05) is 25.2 Å². The van der Waals surface area contributed by atoms with Crippen LogP contribution in [-0.2, 0) is 5.54 Å². The van der Waals surface area contributed by atoms with Crippen LogP contribution in [0.15, 0.2) is 53.4 Å². The summed E-state index contributed by atoms with van der Waals surface area (Å²) < 4.78 is 0. The molecule has 112 valence electrons. The lowest BCUT2D eigenvalue weighted by atomic mass is 9.93. The van der Waals surface area contributed by atoms with Crippen molar-refractivity contribution in [3.05, 3.63) is 65.2 Å². The predicted molar refractivity (Wildman–Crippen MR) is 90.9 cm³/mol. The first-order chi connectivity index (χ1) is 10.1. The number of hydrogen-bond acceptors (Lipinski definition) is 3. The summed E-state index contributed by atoms with van der Waals surface area (Å²) in [4.78, 5) is 1.27. The lowest BCUT2D eigenvalue weighted by Crippen LogP contribution is -2.45. The molecule has 0 aliphatic rings. The second-order valence-corrected chi connectivity index (χ2v) is 6.43.